The number of carbonyl (C=O) groups is 1. The fraction of sp³-hybridized carbons (Fsp3) is 0.500. The predicted molar refractivity (Wildman–Crippen MR) is 86.0 cm³/mol. The third-order valence-corrected chi connectivity index (χ3v) is 4.69. The van der Waals surface area contributed by atoms with Crippen molar-refractivity contribution in [2.75, 3.05) is 13.1 Å². The third kappa shape index (κ3) is 3.46. The first kappa shape index (κ1) is 15.6. The van der Waals surface area contributed by atoms with E-state index >= 15 is 0 Å². The van der Waals surface area contributed by atoms with Crippen LogP contribution in [0.2, 0.25) is 0 Å². The quantitative estimate of drug-likeness (QED) is 0.835. The smallest absolute Gasteiger partial charge is 0.251 e. The van der Waals surface area contributed by atoms with E-state index in [0.29, 0.717) is 17.5 Å². The normalized spacial score (nSPS) is 15.6. The van der Waals surface area contributed by atoms with Gasteiger partial charge in [-0.25, -0.2) is 0 Å². The second-order valence-electron chi connectivity index (χ2n) is 5.87. The Morgan fingerprint density at radius 3 is 2.76 bits per heavy atom. The Hall–Kier alpha value is -1.79. The van der Waals surface area contributed by atoms with Crippen molar-refractivity contribution in [3.05, 3.63) is 34.9 Å². The van der Waals surface area contributed by atoms with Gasteiger partial charge in [0, 0.05) is 17.7 Å². The Bertz CT molecular complexity index is 571. The molecule has 0 spiro atoms. The van der Waals surface area contributed by atoms with Gasteiger partial charge >= 0.3 is 0 Å². The fourth-order valence-corrected chi connectivity index (χ4v) is 2.86. The molecule has 21 heavy (non-hydrogen) atoms. The molecule has 3 heteroatoms. The van der Waals surface area contributed by atoms with Crippen molar-refractivity contribution >= 4 is 5.91 Å². The van der Waals surface area contributed by atoms with Crippen LogP contribution >= 0.6 is 0 Å². The summed E-state index contributed by atoms with van der Waals surface area (Å²) >= 11 is 0. The van der Waals surface area contributed by atoms with Gasteiger partial charge in [0.15, 0.2) is 0 Å². The maximum atomic E-state index is 12.4. The molecule has 0 bridgehead atoms. The molecule has 2 rings (SSSR count). The minimum atomic E-state index is 0.00336. The van der Waals surface area contributed by atoms with Crippen LogP contribution in [-0.4, -0.2) is 19.0 Å². The van der Waals surface area contributed by atoms with E-state index in [2.05, 4.69) is 24.1 Å². The van der Waals surface area contributed by atoms with Gasteiger partial charge in [-0.2, -0.15) is 0 Å². The van der Waals surface area contributed by atoms with Gasteiger partial charge in [-0.15, -0.1) is 0 Å². The van der Waals surface area contributed by atoms with E-state index in [1.807, 2.05) is 25.1 Å². The SMILES string of the molecule is CCC1(CNC(=O)c2cccc(C#CCN)c2C)CCC1. The van der Waals surface area contributed by atoms with E-state index < -0.39 is 0 Å². The second kappa shape index (κ2) is 6.78. The number of nitrogens with two attached hydrogens (primary N) is 1. The van der Waals surface area contributed by atoms with Crippen LogP contribution in [0, 0.1) is 24.2 Å². The predicted octanol–water partition coefficient (Wildman–Crippen LogP) is 2.62. The largest absolute Gasteiger partial charge is 0.351 e. The van der Waals surface area contributed by atoms with Gasteiger partial charge in [0.2, 0.25) is 0 Å². The molecule has 0 aromatic heterocycles. The molecule has 0 radical (unpaired) electrons. The lowest BCUT2D eigenvalue weighted by Crippen LogP contribution is -2.41. The highest BCUT2D eigenvalue weighted by Gasteiger charge is 2.35. The van der Waals surface area contributed by atoms with E-state index in [0.717, 1.165) is 24.1 Å². The molecule has 1 aliphatic carbocycles. The molecule has 1 amide bonds. The van der Waals surface area contributed by atoms with Gasteiger partial charge < -0.3 is 11.1 Å². The van der Waals surface area contributed by atoms with Gasteiger partial charge in [0.1, 0.15) is 0 Å². The monoisotopic (exact) mass is 284 g/mol. The van der Waals surface area contributed by atoms with E-state index in [1.54, 1.807) is 0 Å². The summed E-state index contributed by atoms with van der Waals surface area (Å²) < 4.78 is 0. The summed E-state index contributed by atoms with van der Waals surface area (Å²) in [5, 5.41) is 3.10. The van der Waals surface area contributed by atoms with Crippen LogP contribution in [0.5, 0.6) is 0 Å². The molecule has 3 nitrogen and oxygen atoms in total. The zero-order valence-corrected chi connectivity index (χ0v) is 13.0. The van der Waals surface area contributed by atoms with E-state index in [4.69, 9.17) is 5.73 Å². The van der Waals surface area contributed by atoms with Gasteiger partial charge in [-0.05, 0) is 49.3 Å². The maximum Gasteiger partial charge on any atom is 0.251 e. The van der Waals surface area contributed by atoms with Crippen molar-refractivity contribution in [1.82, 2.24) is 5.32 Å². The zero-order chi connectivity index (χ0) is 15.3. The molecule has 0 unspecified atom stereocenters. The van der Waals surface area contributed by atoms with Crippen molar-refractivity contribution in [1.29, 1.82) is 0 Å². The molecular weight excluding hydrogens is 260 g/mol. The number of nitrogens with one attached hydrogen (secondary N) is 1. The molecule has 0 heterocycles. The number of rotatable bonds is 4. The Balaban J connectivity index is 2.09. The lowest BCUT2D eigenvalue weighted by molar-refractivity contribution is 0.0849. The van der Waals surface area contributed by atoms with Crippen molar-refractivity contribution in [2.24, 2.45) is 11.1 Å². The summed E-state index contributed by atoms with van der Waals surface area (Å²) in [5.41, 5.74) is 8.25. The average molecular weight is 284 g/mol. The summed E-state index contributed by atoms with van der Waals surface area (Å²) in [6, 6.07) is 5.66. The van der Waals surface area contributed by atoms with Crippen LogP contribution in [0.25, 0.3) is 0 Å². The Morgan fingerprint density at radius 1 is 1.43 bits per heavy atom. The number of hydrogen-bond donors (Lipinski definition) is 2. The van der Waals surface area contributed by atoms with Gasteiger partial charge in [0.05, 0.1) is 6.54 Å². The number of benzene rings is 1. The highest BCUT2D eigenvalue weighted by molar-refractivity contribution is 5.96. The second-order valence-corrected chi connectivity index (χ2v) is 5.87. The van der Waals surface area contributed by atoms with Crippen molar-refractivity contribution in [2.45, 2.75) is 39.5 Å². The molecule has 0 aliphatic heterocycles. The van der Waals surface area contributed by atoms with Crippen LogP contribution < -0.4 is 11.1 Å². The third-order valence-electron chi connectivity index (χ3n) is 4.69. The lowest BCUT2D eigenvalue weighted by atomic mass is 9.67. The van der Waals surface area contributed by atoms with E-state index in [1.165, 1.54) is 19.3 Å². The summed E-state index contributed by atoms with van der Waals surface area (Å²) in [6.07, 6.45) is 4.87. The van der Waals surface area contributed by atoms with Gasteiger partial charge in [-0.3, -0.25) is 4.79 Å². The molecule has 1 fully saturated rings. The van der Waals surface area contributed by atoms with Crippen LogP contribution in [0.3, 0.4) is 0 Å². The minimum Gasteiger partial charge on any atom is -0.351 e. The number of hydrogen-bond acceptors (Lipinski definition) is 2. The first-order valence-electron chi connectivity index (χ1n) is 7.68. The molecule has 112 valence electrons. The Labute approximate surface area is 127 Å². The highest BCUT2D eigenvalue weighted by atomic mass is 16.1. The highest BCUT2D eigenvalue weighted by Crippen LogP contribution is 2.43. The molecular formula is C18H24N2O. The summed E-state index contributed by atoms with van der Waals surface area (Å²) in [5.74, 6) is 5.86. The van der Waals surface area contributed by atoms with Gasteiger partial charge in [-0.1, -0.05) is 31.3 Å². The van der Waals surface area contributed by atoms with Crippen LogP contribution in [0.1, 0.15) is 54.1 Å². The molecule has 0 atom stereocenters. The fourth-order valence-electron chi connectivity index (χ4n) is 2.86. The van der Waals surface area contributed by atoms with E-state index in [-0.39, 0.29) is 5.91 Å². The van der Waals surface area contributed by atoms with Crippen molar-refractivity contribution in [3.63, 3.8) is 0 Å². The average Bonchev–Trinajstić information content (AvgIpc) is 2.45. The topological polar surface area (TPSA) is 55.1 Å². The standard InChI is InChI=1S/C18H24N2O/c1-3-18(10-6-11-18)13-20-17(21)16-9-4-7-15(14(16)2)8-5-12-19/h4,7,9H,3,6,10-13,19H2,1-2H3,(H,20,21). The molecule has 3 N–H and O–H groups in total. The molecule has 1 aliphatic rings. The number of amides is 1. The Kier molecular flexibility index (Phi) is 5.03. The minimum absolute atomic E-state index is 0.00336. The van der Waals surface area contributed by atoms with Crippen molar-refractivity contribution in [3.8, 4) is 11.8 Å². The first-order valence-corrected chi connectivity index (χ1v) is 7.68. The zero-order valence-electron chi connectivity index (χ0n) is 13.0. The lowest BCUT2D eigenvalue weighted by Gasteiger charge is -2.41. The molecule has 1 aromatic rings. The molecule has 1 aromatic carbocycles. The first-order chi connectivity index (χ1) is 10.1. The molecule has 0 saturated heterocycles. The van der Waals surface area contributed by atoms with E-state index in [9.17, 15) is 4.79 Å². The maximum absolute atomic E-state index is 12.4. The summed E-state index contributed by atoms with van der Waals surface area (Å²) in [6.45, 7) is 5.25. The molecule has 1 saturated carbocycles. The summed E-state index contributed by atoms with van der Waals surface area (Å²) in [7, 11) is 0. The van der Waals surface area contributed by atoms with Crippen LogP contribution in [0.4, 0.5) is 0 Å². The number of carbonyl (C=O) groups excluding carboxylic acids is 1. The van der Waals surface area contributed by atoms with Crippen molar-refractivity contribution < 1.29 is 4.79 Å². The van der Waals surface area contributed by atoms with Crippen LogP contribution in [0.15, 0.2) is 18.2 Å². The summed E-state index contributed by atoms with van der Waals surface area (Å²) in [4.78, 5) is 12.4. The van der Waals surface area contributed by atoms with Gasteiger partial charge in [0.25, 0.3) is 5.91 Å². The Morgan fingerprint density at radius 2 is 2.19 bits per heavy atom. The van der Waals surface area contributed by atoms with Crippen LogP contribution in [-0.2, 0) is 0 Å².